The van der Waals surface area contributed by atoms with Crippen molar-refractivity contribution in [1.82, 2.24) is 10.2 Å². The first-order valence-electron chi connectivity index (χ1n) is 4.76. The maximum atomic E-state index is 3.99. The number of hydrogen-bond donors (Lipinski definition) is 2. The molecule has 0 aliphatic rings. The molecule has 1 aromatic heterocycles. The molecule has 2 rings (SSSR count). The summed E-state index contributed by atoms with van der Waals surface area (Å²) in [5.74, 6) is 0. The summed E-state index contributed by atoms with van der Waals surface area (Å²) in [6.45, 7) is 6.44. The van der Waals surface area contributed by atoms with Gasteiger partial charge in [0.2, 0.25) is 0 Å². The van der Waals surface area contributed by atoms with Gasteiger partial charge in [0.05, 0.1) is 11.7 Å². The van der Waals surface area contributed by atoms with Gasteiger partial charge in [0.25, 0.3) is 0 Å². The van der Waals surface area contributed by atoms with Gasteiger partial charge >= 0.3 is 0 Å². The fourth-order valence-corrected chi connectivity index (χ4v) is 1.45. The molecule has 14 heavy (non-hydrogen) atoms. The number of nitrogens with one attached hydrogen (secondary N) is 2. The number of hydrogen-bond acceptors (Lipinski definition) is 2. The first kappa shape index (κ1) is 9.06. The highest BCUT2D eigenvalue weighted by molar-refractivity contribution is 5.81. The van der Waals surface area contributed by atoms with Crippen LogP contribution in [-0.2, 0) is 0 Å². The van der Waals surface area contributed by atoms with E-state index in [-0.39, 0.29) is 6.97 Å². The number of aromatic nitrogens is 2. The Morgan fingerprint density at radius 2 is 2.14 bits per heavy atom. The van der Waals surface area contributed by atoms with Crippen molar-refractivity contribution in [2.75, 3.05) is 5.32 Å². The number of benzene rings is 1. The van der Waals surface area contributed by atoms with Gasteiger partial charge in [-0.2, -0.15) is 5.10 Å². The quantitative estimate of drug-likeness (QED) is 0.727. The van der Waals surface area contributed by atoms with Gasteiger partial charge in [-0.25, -0.2) is 0 Å². The summed E-state index contributed by atoms with van der Waals surface area (Å²) in [6, 6.07) is 6.20. The molecule has 0 unspecified atom stereocenters. The molecule has 0 fully saturated rings. The van der Waals surface area contributed by atoms with Gasteiger partial charge in [0.1, 0.15) is 0 Å². The van der Waals surface area contributed by atoms with E-state index >= 15 is 0 Å². The lowest BCUT2D eigenvalue weighted by atomic mass is 10.1. The summed E-state index contributed by atoms with van der Waals surface area (Å²) in [5, 5.41) is 11.5. The van der Waals surface area contributed by atoms with Crippen LogP contribution in [0.15, 0.2) is 24.4 Å². The Morgan fingerprint density at radius 3 is 2.86 bits per heavy atom. The van der Waals surface area contributed by atoms with Gasteiger partial charge in [-0.3, -0.25) is 5.10 Å². The second kappa shape index (κ2) is 3.01. The van der Waals surface area contributed by atoms with Crippen LogP contribution in [0, 0.1) is 0 Å². The zero-order chi connectivity index (χ0) is 10.2. The second-order valence-corrected chi connectivity index (χ2v) is 4.55. The molecule has 3 heteroatoms. The fourth-order valence-electron chi connectivity index (χ4n) is 1.45. The van der Waals surface area contributed by atoms with E-state index in [0.717, 1.165) is 16.6 Å². The van der Waals surface area contributed by atoms with Gasteiger partial charge < -0.3 is 5.32 Å². The molecule has 0 saturated heterocycles. The Hall–Kier alpha value is -1.51. The first-order valence-corrected chi connectivity index (χ1v) is 4.76. The van der Waals surface area contributed by atoms with Crippen LogP contribution in [0.5, 0.6) is 0 Å². The molecule has 0 aliphatic heterocycles. The van der Waals surface area contributed by atoms with Gasteiger partial charge in [-0.05, 0) is 39.0 Å². The van der Waals surface area contributed by atoms with Crippen molar-refractivity contribution in [1.29, 1.82) is 0 Å². The van der Waals surface area contributed by atoms with Crippen LogP contribution in [0.1, 0.15) is 22.2 Å². The maximum absolute atomic E-state index is 3.99. The van der Waals surface area contributed by atoms with Crippen LogP contribution < -0.4 is 5.32 Å². The molecule has 2 N–H and O–H groups in total. The number of rotatable bonds is 1. The summed E-state index contributed by atoms with van der Waals surface area (Å²) < 4.78 is 0. The smallest absolute Gasteiger partial charge is 0.0651 e. The monoisotopic (exact) mass is 191 g/mol. The average Bonchev–Trinajstić information content (AvgIpc) is 2.47. The largest absolute Gasteiger partial charge is 0.380 e. The molecule has 0 bridgehead atoms. The molecule has 1 heterocycles. The molecule has 2 aromatic rings. The molecule has 0 aliphatic carbocycles. The summed E-state index contributed by atoms with van der Waals surface area (Å²) in [5.41, 5.74) is 2.30. The predicted octanol–water partition coefficient (Wildman–Crippen LogP) is 3.02. The number of anilines is 1. The third-order valence-corrected chi connectivity index (χ3v) is 1.96. The SMILES string of the molecule is CC(C)(C)Nc1ccc2[nH]ncc2c1.[HH]. The van der Waals surface area contributed by atoms with Crippen LogP contribution in [0.4, 0.5) is 5.69 Å². The highest BCUT2D eigenvalue weighted by Gasteiger charge is 2.09. The number of H-pyrrole nitrogens is 1. The van der Waals surface area contributed by atoms with Gasteiger partial charge in [0.15, 0.2) is 0 Å². The van der Waals surface area contributed by atoms with Crippen LogP contribution in [0.25, 0.3) is 10.9 Å². The standard InChI is InChI=1S/C11H15N3.H2/c1-11(2,3)13-9-4-5-10-8(6-9)7-12-14-10;/h4-7,13H,1-3H3,(H,12,14);1H. The topological polar surface area (TPSA) is 40.7 Å². The highest BCUT2D eigenvalue weighted by atomic mass is 15.1. The molecular formula is C11H17N3. The van der Waals surface area contributed by atoms with E-state index in [1.807, 2.05) is 12.3 Å². The van der Waals surface area contributed by atoms with Crippen molar-refractivity contribution in [3.8, 4) is 0 Å². The Kier molecular flexibility index (Phi) is 1.95. The lowest BCUT2D eigenvalue weighted by Crippen LogP contribution is -2.25. The van der Waals surface area contributed by atoms with E-state index < -0.39 is 0 Å². The molecule has 1 aromatic carbocycles. The normalized spacial score (nSPS) is 11.9. The maximum Gasteiger partial charge on any atom is 0.0651 e. The van der Waals surface area contributed by atoms with E-state index in [1.54, 1.807) is 0 Å². The lowest BCUT2D eigenvalue weighted by Gasteiger charge is -2.22. The average molecular weight is 191 g/mol. The fraction of sp³-hybridized carbons (Fsp3) is 0.364. The third kappa shape index (κ3) is 1.87. The minimum absolute atomic E-state index is 0. The molecule has 3 nitrogen and oxygen atoms in total. The molecule has 76 valence electrons. The van der Waals surface area contributed by atoms with Crippen LogP contribution in [0.3, 0.4) is 0 Å². The molecular weight excluding hydrogens is 174 g/mol. The van der Waals surface area contributed by atoms with Crippen LogP contribution in [0.2, 0.25) is 0 Å². The van der Waals surface area contributed by atoms with Crippen molar-refractivity contribution >= 4 is 16.6 Å². The van der Waals surface area contributed by atoms with Gasteiger partial charge in [-0.15, -0.1) is 0 Å². The number of nitrogens with zero attached hydrogens (tertiary/aromatic N) is 1. The van der Waals surface area contributed by atoms with Crippen molar-refractivity contribution in [2.45, 2.75) is 26.3 Å². The van der Waals surface area contributed by atoms with Gasteiger partial charge in [0, 0.05) is 18.0 Å². The van der Waals surface area contributed by atoms with Crippen LogP contribution in [-0.4, -0.2) is 15.7 Å². The van der Waals surface area contributed by atoms with E-state index in [1.165, 1.54) is 0 Å². The molecule has 0 amide bonds. The highest BCUT2D eigenvalue weighted by Crippen LogP contribution is 2.19. The Morgan fingerprint density at radius 1 is 1.36 bits per heavy atom. The van der Waals surface area contributed by atoms with E-state index in [0.29, 0.717) is 0 Å². The number of fused-ring (bicyclic) bond motifs is 1. The zero-order valence-corrected chi connectivity index (χ0v) is 8.76. The Labute approximate surface area is 85.0 Å². The van der Waals surface area contributed by atoms with Crippen molar-refractivity contribution < 1.29 is 1.43 Å². The lowest BCUT2D eigenvalue weighted by molar-refractivity contribution is 0.634. The Balaban J connectivity index is 0.00000112. The van der Waals surface area contributed by atoms with E-state index in [9.17, 15) is 0 Å². The Bertz CT molecular complexity index is 442. The number of aromatic amines is 1. The van der Waals surface area contributed by atoms with Crippen molar-refractivity contribution in [2.24, 2.45) is 0 Å². The molecule has 0 radical (unpaired) electrons. The van der Waals surface area contributed by atoms with Crippen molar-refractivity contribution in [3.63, 3.8) is 0 Å². The van der Waals surface area contributed by atoms with E-state index in [2.05, 4.69) is 48.4 Å². The van der Waals surface area contributed by atoms with Gasteiger partial charge in [-0.1, -0.05) is 0 Å². The third-order valence-electron chi connectivity index (χ3n) is 1.96. The summed E-state index contributed by atoms with van der Waals surface area (Å²) >= 11 is 0. The van der Waals surface area contributed by atoms with Crippen LogP contribution >= 0.6 is 0 Å². The minimum Gasteiger partial charge on any atom is -0.380 e. The summed E-state index contributed by atoms with van der Waals surface area (Å²) in [4.78, 5) is 0. The summed E-state index contributed by atoms with van der Waals surface area (Å²) in [6.07, 6.45) is 1.84. The zero-order valence-electron chi connectivity index (χ0n) is 8.76. The van der Waals surface area contributed by atoms with Crippen molar-refractivity contribution in [3.05, 3.63) is 24.4 Å². The van der Waals surface area contributed by atoms with E-state index in [4.69, 9.17) is 0 Å². The molecule has 0 atom stereocenters. The first-order chi connectivity index (χ1) is 6.54. The summed E-state index contributed by atoms with van der Waals surface area (Å²) in [7, 11) is 0. The predicted molar refractivity (Wildman–Crippen MR) is 61.6 cm³/mol. The molecule has 0 saturated carbocycles. The minimum atomic E-state index is 0. The second-order valence-electron chi connectivity index (χ2n) is 4.55. The molecule has 0 spiro atoms.